The van der Waals surface area contributed by atoms with E-state index in [4.69, 9.17) is 4.74 Å². The number of alkyl halides is 3. The van der Waals surface area contributed by atoms with Gasteiger partial charge in [0.1, 0.15) is 5.75 Å². The van der Waals surface area contributed by atoms with Gasteiger partial charge in [-0.05, 0) is 18.2 Å². The van der Waals surface area contributed by atoms with Crippen LogP contribution in [0.5, 0.6) is 5.75 Å². The fourth-order valence-electron chi connectivity index (χ4n) is 1.47. The Morgan fingerprint density at radius 3 is 2.90 bits per heavy atom. The molecule has 0 radical (unpaired) electrons. The quantitative estimate of drug-likeness (QED) is 0.821. The minimum atomic E-state index is -4.54. The number of carbonyl (C=O) groups is 2. The van der Waals surface area contributed by atoms with Crippen LogP contribution in [0.15, 0.2) is 18.2 Å². The van der Waals surface area contributed by atoms with Crippen molar-refractivity contribution in [1.29, 1.82) is 0 Å². The molecule has 1 aliphatic heterocycles. The standard InChI is InChI=1S/C11H9F3N2O4/c12-11(13,14)5-20-16-10(18)6-1-2-8-7(3-6)15-9(17)4-19-8/h1-3H,4-5H2,(H,15,17)(H,16,18). The molecule has 1 aromatic carbocycles. The van der Waals surface area contributed by atoms with E-state index in [1.807, 2.05) is 0 Å². The Hall–Kier alpha value is -2.29. The zero-order chi connectivity index (χ0) is 14.8. The molecular weight excluding hydrogens is 281 g/mol. The fourth-order valence-corrected chi connectivity index (χ4v) is 1.47. The van der Waals surface area contributed by atoms with Gasteiger partial charge < -0.3 is 10.1 Å². The van der Waals surface area contributed by atoms with E-state index in [0.29, 0.717) is 5.75 Å². The van der Waals surface area contributed by atoms with Crippen molar-refractivity contribution in [3.63, 3.8) is 0 Å². The van der Waals surface area contributed by atoms with E-state index in [0.717, 1.165) is 0 Å². The summed E-state index contributed by atoms with van der Waals surface area (Å²) >= 11 is 0. The highest BCUT2D eigenvalue weighted by atomic mass is 19.4. The van der Waals surface area contributed by atoms with Crippen molar-refractivity contribution < 1.29 is 32.3 Å². The number of hydroxylamine groups is 1. The molecule has 0 spiro atoms. The maximum Gasteiger partial charge on any atom is 0.414 e. The van der Waals surface area contributed by atoms with Crippen molar-refractivity contribution in [1.82, 2.24) is 5.48 Å². The second kappa shape index (κ2) is 5.37. The predicted molar refractivity (Wildman–Crippen MR) is 60.0 cm³/mol. The largest absolute Gasteiger partial charge is 0.482 e. The number of ether oxygens (including phenoxy) is 1. The zero-order valence-electron chi connectivity index (χ0n) is 9.91. The lowest BCUT2D eigenvalue weighted by Gasteiger charge is -2.18. The van der Waals surface area contributed by atoms with Crippen molar-refractivity contribution in [2.45, 2.75) is 6.18 Å². The Morgan fingerprint density at radius 1 is 1.45 bits per heavy atom. The van der Waals surface area contributed by atoms with Crippen molar-refractivity contribution in [3.05, 3.63) is 23.8 Å². The Balaban J connectivity index is 2.00. The van der Waals surface area contributed by atoms with Gasteiger partial charge in [-0.1, -0.05) is 0 Å². The number of carbonyl (C=O) groups excluding carboxylic acids is 2. The summed E-state index contributed by atoms with van der Waals surface area (Å²) in [7, 11) is 0. The van der Waals surface area contributed by atoms with Crippen LogP contribution in [0.25, 0.3) is 0 Å². The third-order valence-corrected chi connectivity index (χ3v) is 2.28. The molecule has 0 aliphatic carbocycles. The average molecular weight is 290 g/mol. The molecule has 1 heterocycles. The van der Waals surface area contributed by atoms with Gasteiger partial charge in [-0.2, -0.15) is 13.2 Å². The van der Waals surface area contributed by atoms with Crippen molar-refractivity contribution in [3.8, 4) is 5.75 Å². The maximum absolute atomic E-state index is 11.8. The van der Waals surface area contributed by atoms with Gasteiger partial charge in [0.25, 0.3) is 11.8 Å². The molecule has 0 aromatic heterocycles. The molecule has 0 atom stereocenters. The SMILES string of the molecule is O=C1COc2ccc(C(=O)NOCC(F)(F)F)cc2N1. The van der Waals surface area contributed by atoms with Gasteiger partial charge in [0.2, 0.25) is 0 Å². The topological polar surface area (TPSA) is 76.7 Å². The third-order valence-electron chi connectivity index (χ3n) is 2.28. The summed E-state index contributed by atoms with van der Waals surface area (Å²) in [4.78, 5) is 26.7. The summed E-state index contributed by atoms with van der Waals surface area (Å²) in [5, 5.41) is 2.47. The molecular formula is C11H9F3N2O4. The average Bonchev–Trinajstić information content (AvgIpc) is 2.36. The van der Waals surface area contributed by atoms with Gasteiger partial charge >= 0.3 is 6.18 Å². The van der Waals surface area contributed by atoms with Crippen molar-refractivity contribution >= 4 is 17.5 Å². The number of halogens is 3. The van der Waals surface area contributed by atoms with Crippen LogP contribution in [-0.4, -0.2) is 31.2 Å². The number of hydrogen-bond donors (Lipinski definition) is 2. The smallest absolute Gasteiger partial charge is 0.414 e. The zero-order valence-corrected chi connectivity index (χ0v) is 9.91. The highest BCUT2D eigenvalue weighted by Crippen LogP contribution is 2.28. The molecule has 0 unspecified atom stereocenters. The summed E-state index contributed by atoms with van der Waals surface area (Å²) in [5.41, 5.74) is 1.95. The van der Waals surface area contributed by atoms with E-state index in [1.54, 1.807) is 5.48 Å². The number of fused-ring (bicyclic) bond motifs is 1. The molecule has 6 nitrogen and oxygen atoms in total. The summed E-state index contributed by atoms with van der Waals surface area (Å²) in [6, 6.07) is 4.04. The van der Waals surface area contributed by atoms with Crippen LogP contribution in [0.3, 0.4) is 0 Å². The highest BCUT2D eigenvalue weighted by Gasteiger charge is 2.28. The second-order valence-electron chi connectivity index (χ2n) is 3.88. The van der Waals surface area contributed by atoms with E-state index in [2.05, 4.69) is 10.2 Å². The first-order valence-electron chi connectivity index (χ1n) is 5.41. The Kier molecular flexibility index (Phi) is 3.79. The first kappa shape index (κ1) is 14.1. The van der Waals surface area contributed by atoms with Crippen LogP contribution >= 0.6 is 0 Å². The van der Waals surface area contributed by atoms with E-state index in [9.17, 15) is 22.8 Å². The van der Waals surface area contributed by atoms with Crippen molar-refractivity contribution in [2.24, 2.45) is 0 Å². The van der Waals surface area contributed by atoms with Crippen molar-refractivity contribution in [2.75, 3.05) is 18.5 Å². The van der Waals surface area contributed by atoms with Crippen LogP contribution in [0.4, 0.5) is 18.9 Å². The highest BCUT2D eigenvalue weighted by molar-refractivity contribution is 5.99. The van der Waals surface area contributed by atoms with E-state index < -0.39 is 18.7 Å². The summed E-state index contributed by atoms with van der Waals surface area (Å²) in [6.07, 6.45) is -4.54. The van der Waals surface area contributed by atoms with E-state index in [1.165, 1.54) is 18.2 Å². The Bertz CT molecular complexity index is 545. The maximum atomic E-state index is 11.8. The monoisotopic (exact) mass is 290 g/mol. The summed E-state index contributed by atoms with van der Waals surface area (Å²) in [5.74, 6) is -0.877. The van der Waals surface area contributed by atoms with Gasteiger partial charge in [0.05, 0.1) is 5.69 Å². The molecule has 2 amide bonds. The van der Waals surface area contributed by atoms with Crippen LogP contribution in [-0.2, 0) is 9.63 Å². The van der Waals surface area contributed by atoms with Crippen LogP contribution in [0.1, 0.15) is 10.4 Å². The number of hydrogen-bond acceptors (Lipinski definition) is 4. The molecule has 0 bridgehead atoms. The number of amides is 2. The summed E-state index contributed by atoms with van der Waals surface area (Å²) in [6.45, 7) is -1.73. The molecule has 0 saturated carbocycles. The lowest BCUT2D eigenvalue weighted by molar-refractivity contribution is -0.184. The van der Waals surface area contributed by atoms with Crippen LogP contribution < -0.4 is 15.5 Å². The van der Waals surface area contributed by atoms with Crippen LogP contribution in [0.2, 0.25) is 0 Å². The predicted octanol–water partition coefficient (Wildman–Crippen LogP) is 1.24. The number of rotatable bonds is 3. The van der Waals surface area contributed by atoms with Gasteiger partial charge in [0.15, 0.2) is 13.2 Å². The lowest BCUT2D eigenvalue weighted by Crippen LogP contribution is -2.30. The first-order chi connectivity index (χ1) is 9.35. The molecule has 2 N–H and O–H groups in total. The van der Waals surface area contributed by atoms with Gasteiger partial charge in [-0.3, -0.25) is 14.4 Å². The minimum absolute atomic E-state index is 0.0247. The third kappa shape index (κ3) is 3.60. The lowest BCUT2D eigenvalue weighted by atomic mass is 10.1. The van der Waals surface area contributed by atoms with Crippen LogP contribution in [0, 0.1) is 0 Å². The molecule has 0 fully saturated rings. The normalized spacial score (nSPS) is 14.1. The Morgan fingerprint density at radius 2 is 2.20 bits per heavy atom. The van der Waals surface area contributed by atoms with E-state index in [-0.39, 0.29) is 23.8 Å². The molecule has 1 aromatic rings. The van der Waals surface area contributed by atoms with Gasteiger partial charge in [-0.15, -0.1) is 0 Å². The molecule has 0 saturated heterocycles. The molecule has 20 heavy (non-hydrogen) atoms. The molecule has 1 aliphatic rings. The summed E-state index contributed by atoms with van der Waals surface area (Å²) < 4.78 is 40.6. The number of anilines is 1. The fraction of sp³-hybridized carbons (Fsp3) is 0.273. The second-order valence-corrected chi connectivity index (χ2v) is 3.88. The van der Waals surface area contributed by atoms with E-state index >= 15 is 0 Å². The van der Waals surface area contributed by atoms with Gasteiger partial charge in [0, 0.05) is 5.56 Å². The number of nitrogens with one attached hydrogen (secondary N) is 2. The Labute approximate surface area is 110 Å². The molecule has 2 rings (SSSR count). The molecule has 108 valence electrons. The number of benzene rings is 1. The first-order valence-corrected chi connectivity index (χ1v) is 5.41. The minimum Gasteiger partial charge on any atom is -0.482 e. The molecule has 9 heteroatoms. The van der Waals surface area contributed by atoms with Gasteiger partial charge in [-0.25, -0.2) is 5.48 Å².